The molecule has 1 aromatic carbocycles. The summed E-state index contributed by atoms with van der Waals surface area (Å²) in [6, 6.07) is 5.20. The summed E-state index contributed by atoms with van der Waals surface area (Å²) in [7, 11) is 3.12. The van der Waals surface area contributed by atoms with Crippen molar-refractivity contribution in [2.45, 2.75) is 20.0 Å². The number of amides is 1. The van der Waals surface area contributed by atoms with Crippen LogP contribution < -0.4 is 9.47 Å². The first-order valence-corrected chi connectivity index (χ1v) is 7.04. The highest BCUT2D eigenvalue weighted by atomic mass is 16.5. The molecule has 2 aromatic rings. The van der Waals surface area contributed by atoms with E-state index in [2.05, 4.69) is 10.2 Å². The monoisotopic (exact) mass is 302 g/mol. The molecule has 1 aliphatic rings. The predicted octanol–water partition coefficient (Wildman–Crippen LogP) is 1.26. The van der Waals surface area contributed by atoms with E-state index in [1.54, 1.807) is 37.3 Å². The summed E-state index contributed by atoms with van der Waals surface area (Å²) in [5.74, 6) is 2.77. The van der Waals surface area contributed by atoms with Crippen molar-refractivity contribution in [1.29, 1.82) is 0 Å². The number of aryl methyl sites for hydroxylation is 1. The molecule has 1 amide bonds. The quantitative estimate of drug-likeness (QED) is 0.853. The van der Waals surface area contributed by atoms with Crippen LogP contribution in [0.25, 0.3) is 0 Å². The molecule has 22 heavy (non-hydrogen) atoms. The highest BCUT2D eigenvalue weighted by Gasteiger charge is 2.26. The Morgan fingerprint density at radius 2 is 2.00 bits per heavy atom. The van der Waals surface area contributed by atoms with Crippen molar-refractivity contribution in [2.75, 3.05) is 20.8 Å². The Balaban J connectivity index is 1.86. The maximum absolute atomic E-state index is 12.7. The fourth-order valence-electron chi connectivity index (χ4n) is 2.62. The van der Waals surface area contributed by atoms with E-state index in [9.17, 15) is 4.79 Å². The minimum atomic E-state index is -0.0774. The highest BCUT2D eigenvalue weighted by molar-refractivity contribution is 5.97. The van der Waals surface area contributed by atoms with Gasteiger partial charge >= 0.3 is 0 Å². The zero-order chi connectivity index (χ0) is 15.7. The summed E-state index contributed by atoms with van der Waals surface area (Å²) in [6.07, 6.45) is 0. The van der Waals surface area contributed by atoms with Crippen LogP contribution in [0.3, 0.4) is 0 Å². The topological polar surface area (TPSA) is 69.5 Å². The zero-order valence-corrected chi connectivity index (χ0v) is 12.9. The first-order chi connectivity index (χ1) is 10.6. The molecule has 0 atom stereocenters. The smallest absolute Gasteiger partial charge is 0.258 e. The second-order valence-electron chi connectivity index (χ2n) is 5.11. The maximum Gasteiger partial charge on any atom is 0.258 e. The highest BCUT2D eigenvalue weighted by Crippen LogP contribution is 2.26. The Morgan fingerprint density at radius 1 is 1.18 bits per heavy atom. The van der Waals surface area contributed by atoms with Gasteiger partial charge in [-0.1, -0.05) is 0 Å². The molecule has 0 saturated carbocycles. The van der Waals surface area contributed by atoms with Crippen molar-refractivity contribution in [1.82, 2.24) is 19.7 Å². The second kappa shape index (κ2) is 5.67. The number of carbonyl (C=O) groups is 1. The van der Waals surface area contributed by atoms with Gasteiger partial charge in [0.15, 0.2) is 5.82 Å². The van der Waals surface area contributed by atoms with Gasteiger partial charge in [-0.2, -0.15) is 0 Å². The number of methoxy groups -OCH3 is 2. The van der Waals surface area contributed by atoms with Gasteiger partial charge in [-0.05, 0) is 19.1 Å². The van der Waals surface area contributed by atoms with E-state index in [1.807, 2.05) is 11.5 Å². The van der Waals surface area contributed by atoms with Crippen LogP contribution in [0.4, 0.5) is 0 Å². The van der Waals surface area contributed by atoms with Crippen LogP contribution in [0.1, 0.15) is 22.0 Å². The van der Waals surface area contributed by atoms with Gasteiger partial charge in [-0.3, -0.25) is 4.79 Å². The van der Waals surface area contributed by atoms with Crippen LogP contribution in [-0.4, -0.2) is 46.3 Å². The lowest BCUT2D eigenvalue weighted by molar-refractivity contribution is 0.0703. The van der Waals surface area contributed by atoms with Crippen molar-refractivity contribution in [3.8, 4) is 11.5 Å². The minimum absolute atomic E-state index is 0.0774. The molecule has 0 N–H and O–H groups in total. The lowest BCUT2D eigenvalue weighted by Crippen LogP contribution is -2.38. The lowest BCUT2D eigenvalue weighted by Gasteiger charge is -2.28. The van der Waals surface area contributed by atoms with E-state index in [4.69, 9.17) is 9.47 Å². The number of hydrogen-bond donors (Lipinski definition) is 0. The van der Waals surface area contributed by atoms with E-state index in [-0.39, 0.29) is 5.91 Å². The molecule has 0 saturated heterocycles. The molecular formula is C15H18N4O3. The van der Waals surface area contributed by atoms with E-state index >= 15 is 0 Å². The zero-order valence-electron chi connectivity index (χ0n) is 12.9. The van der Waals surface area contributed by atoms with Crippen LogP contribution in [0, 0.1) is 6.92 Å². The van der Waals surface area contributed by atoms with Gasteiger partial charge in [0.1, 0.15) is 17.3 Å². The van der Waals surface area contributed by atoms with Crippen molar-refractivity contribution in [3.63, 3.8) is 0 Å². The van der Waals surface area contributed by atoms with E-state index in [0.717, 1.165) is 11.6 Å². The minimum Gasteiger partial charge on any atom is -0.497 e. The molecule has 0 unspecified atom stereocenters. The molecule has 2 heterocycles. The number of aromatic nitrogens is 3. The largest absolute Gasteiger partial charge is 0.497 e. The fraction of sp³-hybridized carbons (Fsp3) is 0.400. The Hall–Kier alpha value is -2.57. The summed E-state index contributed by atoms with van der Waals surface area (Å²) in [4.78, 5) is 14.5. The van der Waals surface area contributed by atoms with Crippen LogP contribution in [0.2, 0.25) is 0 Å². The van der Waals surface area contributed by atoms with Crippen molar-refractivity contribution >= 4 is 5.91 Å². The summed E-state index contributed by atoms with van der Waals surface area (Å²) >= 11 is 0. The molecule has 1 aliphatic heterocycles. The van der Waals surface area contributed by atoms with Gasteiger partial charge in [0.25, 0.3) is 5.91 Å². The first-order valence-electron chi connectivity index (χ1n) is 7.04. The number of carbonyl (C=O) groups excluding carboxylic acids is 1. The molecular weight excluding hydrogens is 284 g/mol. The standard InChI is InChI=1S/C15H18N4O3/c1-10-16-17-14-9-18(6-7-19(10)14)15(20)12-5-4-11(21-2)8-13(12)22-3/h4-5,8H,6-7,9H2,1-3H3. The molecule has 0 bridgehead atoms. The second-order valence-corrected chi connectivity index (χ2v) is 5.11. The lowest BCUT2D eigenvalue weighted by atomic mass is 10.1. The normalized spacial score (nSPS) is 13.7. The SMILES string of the molecule is COc1ccc(C(=O)N2CCn3c(C)nnc3C2)c(OC)c1. The summed E-state index contributed by atoms with van der Waals surface area (Å²) in [5.41, 5.74) is 0.521. The Kier molecular flexibility index (Phi) is 3.70. The summed E-state index contributed by atoms with van der Waals surface area (Å²) < 4.78 is 12.5. The van der Waals surface area contributed by atoms with E-state index < -0.39 is 0 Å². The Labute approximate surface area is 128 Å². The van der Waals surface area contributed by atoms with Crippen molar-refractivity contribution in [3.05, 3.63) is 35.4 Å². The maximum atomic E-state index is 12.7. The van der Waals surface area contributed by atoms with Gasteiger partial charge in [-0.15, -0.1) is 10.2 Å². The van der Waals surface area contributed by atoms with Crippen LogP contribution in [0.15, 0.2) is 18.2 Å². The number of ether oxygens (including phenoxy) is 2. The summed E-state index contributed by atoms with van der Waals surface area (Å²) in [5, 5.41) is 8.18. The van der Waals surface area contributed by atoms with Crippen LogP contribution in [0.5, 0.6) is 11.5 Å². The van der Waals surface area contributed by atoms with Gasteiger partial charge in [0, 0.05) is 19.2 Å². The molecule has 1 aromatic heterocycles. The third kappa shape index (κ3) is 2.38. The molecule has 116 valence electrons. The number of rotatable bonds is 3. The molecule has 0 spiro atoms. The fourth-order valence-corrected chi connectivity index (χ4v) is 2.62. The number of nitrogens with zero attached hydrogens (tertiary/aromatic N) is 4. The number of hydrogen-bond acceptors (Lipinski definition) is 5. The van der Waals surface area contributed by atoms with Gasteiger partial charge in [0.05, 0.1) is 26.3 Å². The Morgan fingerprint density at radius 3 is 2.73 bits per heavy atom. The van der Waals surface area contributed by atoms with Crippen LogP contribution >= 0.6 is 0 Å². The first kappa shape index (κ1) is 14.4. The molecule has 7 heteroatoms. The predicted molar refractivity (Wildman–Crippen MR) is 79.0 cm³/mol. The third-order valence-electron chi connectivity index (χ3n) is 3.86. The van der Waals surface area contributed by atoms with Crippen molar-refractivity contribution in [2.24, 2.45) is 0 Å². The van der Waals surface area contributed by atoms with Gasteiger partial charge in [-0.25, -0.2) is 0 Å². The molecule has 0 aliphatic carbocycles. The number of benzene rings is 1. The van der Waals surface area contributed by atoms with Gasteiger partial charge < -0.3 is 18.9 Å². The van der Waals surface area contributed by atoms with Crippen LogP contribution in [-0.2, 0) is 13.1 Å². The molecule has 0 fully saturated rings. The van der Waals surface area contributed by atoms with Gasteiger partial charge in [0.2, 0.25) is 0 Å². The van der Waals surface area contributed by atoms with Crippen molar-refractivity contribution < 1.29 is 14.3 Å². The summed E-state index contributed by atoms with van der Waals surface area (Å²) in [6.45, 7) is 3.70. The van der Waals surface area contributed by atoms with E-state index in [0.29, 0.717) is 36.7 Å². The average Bonchev–Trinajstić information content (AvgIpc) is 2.94. The number of fused-ring (bicyclic) bond motifs is 1. The van der Waals surface area contributed by atoms with E-state index in [1.165, 1.54) is 0 Å². The Bertz CT molecular complexity index is 711. The molecule has 3 rings (SSSR count). The molecule has 7 nitrogen and oxygen atoms in total. The third-order valence-corrected chi connectivity index (χ3v) is 3.86. The molecule has 0 radical (unpaired) electrons. The average molecular weight is 302 g/mol.